The quantitative estimate of drug-likeness (QED) is 0.693. The van der Waals surface area contributed by atoms with Gasteiger partial charge in [0.1, 0.15) is 0 Å². The van der Waals surface area contributed by atoms with Gasteiger partial charge in [-0.15, -0.1) is 0 Å². The van der Waals surface area contributed by atoms with Gasteiger partial charge in [-0.05, 0) is 50.7 Å². The van der Waals surface area contributed by atoms with E-state index >= 15 is 0 Å². The van der Waals surface area contributed by atoms with Gasteiger partial charge in [0.25, 0.3) is 5.91 Å². The van der Waals surface area contributed by atoms with Crippen LogP contribution in [0.1, 0.15) is 48.0 Å². The highest BCUT2D eigenvalue weighted by Crippen LogP contribution is 2.32. The first-order valence-corrected chi connectivity index (χ1v) is 9.88. The van der Waals surface area contributed by atoms with E-state index in [-0.39, 0.29) is 23.4 Å². The maximum absolute atomic E-state index is 13.3. The van der Waals surface area contributed by atoms with Crippen molar-refractivity contribution in [1.29, 1.82) is 0 Å². The molecule has 28 heavy (non-hydrogen) atoms. The number of rotatable bonds is 4. The van der Waals surface area contributed by atoms with Crippen molar-refractivity contribution >= 4 is 17.1 Å². The fraction of sp³-hybridized carbons (Fsp3) is 0.500. The molecule has 0 bridgehead atoms. The Labute approximate surface area is 161 Å². The molecule has 0 radical (unpaired) electrons. The number of nitrogens with zero attached hydrogens (tertiary/aromatic N) is 5. The third-order valence-corrected chi connectivity index (χ3v) is 5.85. The van der Waals surface area contributed by atoms with Crippen LogP contribution >= 0.6 is 0 Å². The van der Waals surface area contributed by atoms with E-state index in [0.717, 1.165) is 24.9 Å². The topological polar surface area (TPSA) is 86.2 Å². The Morgan fingerprint density at radius 1 is 1.29 bits per heavy atom. The van der Waals surface area contributed by atoms with E-state index in [1.54, 1.807) is 22.6 Å². The lowest BCUT2D eigenvalue weighted by atomic mass is 10.0. The van der Waals surface area contributed by atoms with E-state index in [4.69, 9.17) is 4.42 Å². The molecule has 0 N–H and O–H groups in total. The second-order valence-electron chi connectivity index (χ2n) is 7.87. The van der Waals surface area contributed by atoms with Gasteiger partial charge in [0.15, 0.2) is 12.0 Å². The summed E-state index contributed by atoms with van der Waals surface area (Å²) in [6.45, 7) is 3.63. The molecule has 2 fully saturated rings. The molecule has 3 aromatic rings. The van der Waals surface area contributed by atoms with Gasteiger partial charge in [0, 0.05) is 25.8 Å². The largest absolute Gasteiger partial charge is 0.438 e. The van der Waals surface area contributed by atoms with Crippen molar-refractivity contribution in [3.05, 3.63) is 46.7 Å². The molecule has 1 amide bonds. The van der Waals surface area contributed by atoms with Crippen molar-refractivity contribution in [2.45, 2.75) is 45.2 Å². The van der Waals surface area contributed by atoms with Crippen LogP contribution in [-0.2, 0) is 6.54 Å². The van der Waals surface area contributed by atoms with E-state index in [1.165, 1.54) is 19.2 Å². The molecule has 5 rings (SSSR count). The number of piperidine rings is 1. The number of aromatic nitrogens is 4. The number of carbonyl (C=O) groups is 1. The molecule has 3 aromatic heterocycles. The molecule has 1 saturated heterocycles. The van der Waals surface area contributed by atoms with E-state index in [0.29, 0.717) is 30.3 Å². The van der Waals surface area contributed by atoms with E-state index < -0.39 is 0 Å². The van der Waals surface area contributed by atoms with Crippen molar-refractivity contribution < 1.29 is 9.21 Å². The van der Waals surface area contributed by atoms with Gasteiger partial charge < -0.3 is 9.32 Å². The van der Waals surface area contributed by atoms with Crippen LogP contribution in [0.2, 0.25) is 0 Å². The van der Waals surface area contributed by atoms with Crippen LogP contribution in [0.25, 0.3) is 11.2 Å². The van der Waals surface area contributed by atoms with Crippen molar-refractivity contribution in [3.63, 3.8) is 0 Å². The Balaban J connectivity index is 1.49. The molecule has 1 aliphatic carbocycles. The fourth-order valence-electron chi connectivity index (χ4n) is 4.17. The summed E-state index contributed by atoms with van der Waals surface area (Å²) in [5.74, 6) is 0.709. The van der Waals surface area contributed by atoms with Gasteiger partial charge in [0.05, 0.1) is 17.3 Å². The number of imidazole rings is 1. The van der Waals surface area contributed by atoms with Crippen LogP contribution in [-0.4, -0.2) is 43.0 Å². The van der Waals surface area contributed by atoms with Gasteiger partial charge in [-0.1, -0.05) is 0 Å². The minimum Gasteiger partial charge on any atom is -0.438 e. The van der Waals surface area contributed by atoms with Gasteiger partial charge >= 0.3 is 5.69 Å². The van der Waals surface area contributed by atoms with Gasteiger partial charge in [0.2, 0.25) is 5.76 Å². The number of likely N-dealkylation sites (tertiary alicyclic amines) is 1. The second kappa shape index (κ2) is 6.61. The SMILES string of the molecule is Cc1ncoc1C(=O)N1CCC[C@H](n2c(=O)n(CC3CC3)c3cccnc32)C1. The summed E-state index contributed by atoms with van der Waals surface area (Å²) in [6, 6.07) is 3.75. The summed E-state index contributed by atoms with van der Waals surface area (Å²) in [6.07, 6.45) is 7.06. The molecule has 1 aliphatic heterocycles. The molecule has 8 nitrogen and oxygen atoms in total. The summed E-state index contributed by atoms with van der Waals surface area (Å²) in [4.78, 5) is 36.4. The lowest BCUT2D eigenvalue weighted by Crippen LogP contribution is -2.43. The monoisotopic (exact) mass is 381 g/mol. The maximum Gasteiger partial charge on any atom is 0.330 e. The predicted octanol–water partition coefficient (Wildman–Crippen LogP) is 2.38. The van der Waals surface area contributed by atoms with Crippen LogP contribution in [0.5, 0.6) is 0 Å². The number of hydrogen-bond acceptors (Lipinski definition) is 5. The third-order valence-electron chi connectivity index (χ3n) is 5.85. The van der Waals surface area contributed by atoms with Crippen LogP contribution in [0.15, 0.2) is 33.9 Å². The molecule has 4 heterocycles. The van der Waals surface area contributed by atoms with Crippen LogP contribution in [0.3, 0.4) is 0 Å². The van der Waals surface area contributed by atoms with Crippen molar-refractivity contribution in [2.24, 2.45) is 5.92 Å². The molecule has 1 atom stereocenters. The molecule has 0 spiro atoms. The predicted molar refractivity (Wildman–Crippen MR) is 102 cm³/mol. The van der Waals surface area contributed by atoms with Crippen molar-refractivity contribution in [2.75, 3.05) is 13.1 Å². The lowest BCUT2D eigenvalue weighted by Gasteiger charge is -2.32. The molecule has 0 unspecified atom stereocenters. The number of oxazole rings is 1. The van der Waals surface area contributed by atoms with E-state index in [2.05, 4.69) is 9.97 Å². The van der Waals surface area contributed by atoms with E-state index in [1.807, 2.05) is 16.7 Å². The summed E-state index contributed by atoms with van der Waals surface area (Å²) in [5.41, 5.74) is 2.17. The Hall–Kier alpha value is -2.90. The fourth-order valence-corrected chi connectivity index (χ4v) is 4.17. The minimum absolute atomic E-state index is 0.0178. The first kappa shape index (κ1) is 17.2. The minimum atomic E-state index is -0.164. The number of hydrogen-bond donors (Lipinski definition) is 0. The molecule has 0 aromatic carbocycles. The van der Waals surface area contributed by atoms with Crippen molar-refractivity contribution in [3.8, 4) is 0 Å². The zero-order chi connectivity index (χ0) is 19.3. The highest BCUT2D eigenvalue weighted by molar-refractivity contribution is 5.92. The van der Waals surface area contributed by atoms with Gasteiger partial charge in [-0.25, -0.2) is 14.8 Å². The number of amides is 1. The third kappa shape index (κ3) is 2.83. The molecular weight excluding hydrogens is 358 g/mol. The second-order valence-corrected chi connectivity index (χ2v) is 7.87. The van der Waals surface area contributed by atoms with Crippen molar-refractivity contribution in [1.82, 2.24) is 24.0 Å². The maximum atomic E-state index is 13.3. The van der Waals surface area contributed by atoms with Crippen LogP contribution < -0.4 is 5.69 Å². The highest BCUT2D eigenvalue weighted by Gasteiger charge is 2.32. The standard InChI is InChI=1S/C20H23N5O3/c1-13-17(28-12-22-13)19(26)23-9-3-4-15(11-23)25-18-16(5-2-8-21-18)24(20(25)27)10-14-6-7-14/h2,5,8,12,14-15H,3-4,6-7,9-11H2,1H3/t15-/m0/s1. The Morgan fingerprint density at radius 3 is 2.89 bits per heavy atom. The average molecular weight is 381 g/mol. The summed E-state index contributed by atoms with van der Waals surface area (Å²) in [7, 11) is 0. The van der Waals surface area contributed by atoms with Gasteiger partial charge in [-0.3, -0.25) is 13.9 Å². The smallest absolute Gasteiger partial charge is 0.330 e. The lowest BCUT2D eigenvalue weighted by molar-refractivity contribution is 0.0646. The zero-order valence-electron chi connectivity index (χ0n) is 15.9. The van der Waals surface area contributed by atoms with E-state index in [9.17, 15) is 9.59 Å². The Kier molecular flexibility index (Phi) is 4.07. The number of aryl methyl sites for hydroxylation is 1. The highest BCUT2D eigenvalue weighted by atomic mass is 16.3. The number of fused-ring (bicyclic) bond motifs is 1. The number of carbonyl (C=O) groups excluding carboxylic acids is 1. The zero-order valence-corrected chi connectivity index (χ0v) is 15.9. The molecular formula is C20H23N5O3. The van der Waals surface area contributed by atoms with Crippen LogP contribution in [0, 0.1) is 12.8 Å². The summed E-state index contributed by atoms with van der Waals surface area (Å²) < 4.78 is 8.94. The molecule has 1 saturated carbocycles. The molecule has 146 valence electrons. The summed E-state index contributed by atoms with van der Waals surface area (Å²) >= 11 is 0. The average Bonchev–Trinajstić information content (AvgIpc) is 3.37. The van der Waals surface area contributed by atoms with Crippen LogP contribution in [0.4, 0.5) is 0 Å². The molecule has 8 heteroatoms. The Bertz CT molecular complexity index is 1090. The van der Waals surface area contributed by atoms with Gasteiger partial charge in [-0.2, -0.15) is 0 Å². The number of pyridine rings is 1. The normalized spacial score (nSPS) is 20.0. The Morgan fingerprint density at radius 2 is 2.14 bits per heavy atom. The molecule has 2 aliphatic rings. The first-order chi connectivity index (χ1) is 13.6. The summed E-state index contributed by atoms with van der Waals surface area (Å²) in [5, 5.41) is 0. The first-order valence-electron chi connectivity index (χ1n) is 9.88.